The van der Waals surface area contributed by atoms with Gasteiger partial charge in [0.2, 0.25) is 0 Å². The van der Waals surface area contributed by atoms with Gasteiger partial charge < -0.3 is 14.8 Å². The number of benzene rings is 2. The van der Waals surface area contributed by atoms with E-state index in [1.165, 1.54) is 13.2 Å². The zero-order chi connectivity index (χ0) is 24.6. The predicted octanol–water partition coefficient (Wildman–Crippen LogP) is 5.26. The number of H-pyrrole nitrogens is 1. The van der Waals surface area contributed by atoms with Gasteiger partial charge in [0, 0.05) is 45.5 Å². The lowest BCUT2D eigenvalue weighted by Crippen LogP contribution is -2.30. The molecule has 2 N–H and O–H groups in total. The Balaban J connectivity index is 1.86. The Kier molecular flexibility index (Phi) is 6.78. The molecule has 4 rings (SSSR count). The predicted molar refractivity (Wildman–Crippen MR) is 129 cm³/mol. The molecule has 4 aromatic rings. The molecule has 0 saturated heterocycles. The van der Waals surface area contributed by atoms with Crippen molar-refractivity contribution in [3.8, 4) is 0 Å². The highest BCUT2D eigenvalue weighted by molar-refractivity contribution is 7.75. The second-order valence-electron chi connectivity index (χ2n) is 7.52. The summed E-state index contributed by atoms with van der Waals surface area (Å²) in [5.41, 5.74) is 0.772. The van der Waals surface area contributed by atoms with Crippen LogP contribution < -0.4 is 15.9 Å². The molecule has 1 atom stereocenters. The van der Waals surface area contributed by atoms with E-state index in [0.717, 1.165) is 18.0 Å². The van der Waals surface area contributed by atoms with E-state index in [4.69, 9.17) is 27.7 Å². The Morgan fingerprint density at radius 3 is 2.47 bits per heavy atom. The van der Waals surface area contributed by atoms with Gasteiger partial charge in [-0.15, -0.1) is 0 Å². The van der Waals surface area contributed by atoms with Gasteiger partial charge in [0.25, 0.3) is 13.3 Å². The number of pyridine rings is 1. The van der Waals surface area contributed by atoms with Crippen LogP contribution in [-0.4, -0.2) is 23.0 Å². The second kappa shape index (κ2) is 9.47. The van der Waals surface area contributed by atoms with Gasteiger partial charge in [0.1, 0.15) is 17.3 Å². The maximum absolute atomic E-state index is 14.3. The first-order valence-corrected chi connectivity index (χ1v) is 12.3. The van der Waals surface area contributed by atoms with E-state index >= 15 is 0 Å². The van der Waals surface area contributed by atoms with E-state index in [-0.39, 0.29) is 21.9 Å². The molecule has 2 aromatic carbocycles. The van der Waals surface area contributed by atoms with Gasteiger partial charge in [0.15, 0.2) is 0 Å². The standard InChI is InChI=1S/C23H18Cl2F2N3O3P/c1-12-5-14(25)7-15(6-12)34(32,33-2)22-16-8-13(24)3-4-20(16)30-21(22)23(31)29-9-17-18(26)10-28-11-19(17)27/h3-8,10-11,30H,9H2,1-2H3,(H,29,31). The average Bonchev–Trinajstić information content (AvgIpc) is 3.16. The summed E-state index contributed by atoms with van der Waals surface area (Å²) in [5.74, 6) is -2.55. The molecular formula is C23H18Cl2F2N3O3P. The fourth-order valence-electron chi connectivity index (χ4n) is 3.70. The summed E-state index contributed by atoms with van der Waals surface area (Å²) in [6.07, 6.45) is 1.70. The van der Waals surface area contributed by atoms with E-state index in [9.17, 15) is 18.1 Å². The van der Waals surface area contributed by atoms with Gasteiger partial charge in [-0.1, -0.05) is 23.2 Å². The molecule has 6 nitrogen and oxygen atoms in total. The Morgan fingerprint density at radius 1 is 1.12 bits per heavy atom. The largest absolute Gasteiger partial charge is 0.350 e. The maximum Gasteiger partial charge on any atom is 0.268 e. The van der Waals surface area contributed by atoms with Crippen LogP contribution in [0.3, 0.4) is 0 Å². The molecule has 0 aliphatic heterocycles. The number of nitrogens with zero attached hydrogens (tertiary/aromatic N) is 1. The van der Waals surface area contributed by atoms with E-state index in [1.807, 2.05) is 0 Å². The number of rotatable bonds is 6. The van der Waals surface area contributed by atoms with E-state index in [0.29, 0.717) is 20.9 Å². The fraction of sp³-hybridized carbons (Fsp3) is 0.130. The summed E-state index contributed by atoms with van der Waals surface area (Å²) in [5, 5.41) is 3.92. The summed E-state index contributed by atoms with van der Waals surface area (Å²) in [6.45, 7) is 1.33. The van der Waals surface area contributed by atoms with Crippen molar-refractivity contribution in [1.29, 1.82) is 0 Å². The summed E-state index contributed by atoms with van der Waals surface area (Å²) < 4.78 is 47.8. The fourth-order valence-corrected chi connectivity index (χ4v) is 6.52. The van der Waals surface area contributed by atoms with E-state index < -0.39 is 31.5 Å². The Morgan fingerprint density at radius 2 is 1.82 bits per heavy atom. The SMILES string of the molecule is COP(=O)(c1cc(C)cc(Cl)c1)c1c(C(=O)NCc2c(F)cncc2F)[nH]c2ccc(Cl)cc12. The average molecular weight is 524 g/mol. The smallest absolute Gasteiger partial charge is 0.268 e. The van der Waals surface area contributed by atoms with Crippen molar-refractivity contribution in [2.75, 3.05) is 7.11 Å². The second-order valence-corrected chi connectivity index (χ2v) is 10.8. The highest BCUT2D eigenvalue weighted by Gasteiger charge is 2.36. The zero-order valence-corrected chi connectivity index (χ0v) is 20.4. The molecule has 34 heavy (non-hydrogen) atoms. The lowest BCUT2D eigenvalue weighted by molar-refractivity contribution is 0.0947. The number of fused-ring (bicyclic) bond motifs is 1. The van der Waals surface area contributed by atoms with Crippen molar-refractivity contribution < 1.29 is 22.7 Å². The van der Waals surface area contributed by atoms with Gasteiger partial charge >= 0.3 is 0 Å². The summed E-state index contributed by atoms with van der Waals surface area (Å²) in [6, 6.07) is 9.65. The monoisotopic (exact) mass is 523 g/mol. The number of hydrogen-bond donors (Lipinski definition) is 2. The molecule has 176 valence electrons. The molecule has 2 heterocycles. The first-order chi connectivity index (χ1) is 16.1. The molecule has 0 bridgehead atoms. The van der Waals surface area contributed by atoms with Crippen LogP contribution in [0.1, 0.15) is 21.6 Å². The number of aromatic nitrogens is 2. The van der Waals surface area contributed by atoms with Crippen LogP contribution in [0.25, 0.3) is 10.9 Å². The first-order valence-electron chi connectivity index (χ1n) is 9.95. The highest BCUT2D eigenvalue weighted by Crippen LogP contribution is 2.47. The number of carbonyl (C=O) groups excluding carboxylic acids is 1. The minimum Gasteiger partial charge on any atom is -0.350 e. The van der Waals surface area contributed by atoms with Crippen LogP contribution in [0.15, 0.2) is 48.8 Å². The van der Waals surface area contributed by atoms with Crippen molar-refractivity contribution in [2.24, 2.45) is 0 Å². The zero-order valence-electron chi connectivity index (χ0n) is 18.0. The molecule has 0 saturated carbocycles. The molecule has 0 aliphatic carbocycles. The number of aromatic amines is 1. The summed E-state index contributed by atoms with van der Waals surface area (Å²) in [7, 11) is -2.61. The number of hydrogen-bond acceptors (Lipinski definition) is 4. The molecule has 0 radical (unpaired) electrons. The van der Waals surface area contributed by atoms with Crippen LogP contribution in [0.4, 0.5) is 8.78 Å². The molecule has 1 amide bonds. The van der Waals surface area contributed by atoms with Gasteiger partial charge in [-0.25, -0.2) is 8.78 Å². The molecule has 0 fully saturated rings. The lowest BCUT2D eigenvalue weighted by atomic mass is 10.2. The van der Waals surface area contributed by atoms with E-state index in [2.05, 4.69) is 15.3 Å². The Bertz CT molecular complexity index is 1440. The van der Waals surface area contributed by atoms with Crippen molar-refractivity contribution in [3.05, 3.63) is 87.3 Å². The number of halogens is 4. The van der Waals surface area contributed by atoms with Crippen molar-refractivity contribution >= 4 is 58.0 Å². The van der Waals surface area contributed by atoms with Crippen molar-refractivity contribution in [3.63, 3.8) is 0 Å². The van der Waals surface area contributed by atoms with Crippen LogP contribution in [-0.2, 0) is 15.6 Å². The highest BCUT2D eigenvalue weighted by atomic mass is 35.5. The van der Waals surface area contributed by atoms with Crippen LogP contribution in [0, 0.1) is 18.6 Å². The van der Waals surface area contributed by atoms with Crippen molar-refractivity contribution in [1.82, 2.24) is 15.3 Å². The number of amides is 1. The van der Waals surface area contributed by atoms with Crippen LogP contribution >= 0.6 is 30.6 Å². The van der Waals surface area contributed by atoms with Crippen LogP contribution in [0.2, 0.25) is 10.0 Å². The Labute approximate surface area is 203 Å². The Hall–Kier alpha value is -2.77. The number of aryl methyl sites for hydroxylation is 1. The first kappa shape index (κ1) is 24.4. The van der Waals surface area contributed by atoms with Crippen LogP contribution in [0.5, 0.6) is 0 Å². The molecule has 2 aromatic heterocycles. The quantitative estimate of drug-likeness (QED) is 0.337. The van der Waals surface area contributed by atoms with Gasteiger partial charge in [-0.05, 0) is 48.9 Å². The molecule has 11 heteroatoms. The molecular weight excluding hydrogens is 506 g/mol. The van der Waals surface area contributed by atoms with Gasteiger partial charge in [-0.3, -0.25) is 14.3 Å². The van der Waals surface area contributed by atoms with Gasteiger partial charge in [-0.2, -0.15) is 0 Å². The lowest BCUT2D eigenvalue weighted by Gasteiger charge is -2.19. The number of nitrogens with one attached hydrogen (secondary N) is 2. The number of carbonyl (C=O) groups is 1. The summed E-state index contributed by atoms with van der Waals surface area (Å²) >= 11 is 12.4. The topological polar surface area (TPSA) is 84.1 Å². The third-order valence-electron chi connectivity index (χ3n) is 5.26. The molecule has 1 unspecified atom stereocenters. The minimum absolute atomic E-state index is 0.0716. The molecule has 0 aliphatic rings. The maximum atomic E-state index is 14.3. The summed E-state index contributed by atoms with van der Waals surface area (Å²) in [4.78, 5) is 19.6. The molecule has 0 spiro atoms. The van der Waals surface area contributed by atoms with Crippen molar-refractivity contribution in [2.45, 2.75) is 13.5 Å². The van der Waals surface area contributed by atoms with Gasteiger partial charge in [0.05, 0.1) is 17.7 Å². The minimum atomic E-state index is -3.88. The van der Waals surface area contributed by atoms with E-state index in [1.54, 1.807) is 37.3 Å². The normalized spacial score (nSPS) is 13.1. The third kappa shape index (κ3) is 4.46. The third-order valence-corrected chi connectivity index (χ3v) is 8.22.